The Hall–Kier alpha value is -3.80. The van der Waals surface area contributed by atoms with Gasteiger partial charge in [-0.25, -0.2) is 9.79 Å². The maximum absolute atomic E-state index is 13.6. The number of thiazole rings is 1. The van der Waals surface area contributed by atoms with Crippen LogP contribution in [0.15, 0.2) is 73.3 Å². The van der Waals surface area contributed by atoms with Crippen molar-refractivity contribution in [2.45, 2.75) is 19.9 Å². The summed E-state index contributed by atoms with van der Waals surface area (Å²) in [6.07, 6.45) is 1.58. The van der Waals surface area contributed by atoms with E-state index in [0.717, 1.165) is 4.88 Å². The van der Waals surface area contributed by atoms with Crippen molar-refractivity contribution < 1.29 is 18.9 Å². The number of rotatable bonds is 6. The summed E-state index contributed by atoms with van der Waals surface area (Å²) >= 11 is 8.85. The number of halogens is 1. The minimum absolute atomic E-state index is 0.119. The number of aromatic nitrogens is 1. The standard InChI is InChI=1S/C25H18ClN3O6S2/c1-3-34-24(31)21-13(2)27-25-28(22(21)19-5-4-10-36-19)23(30)20(37-25)12-15-7-9-18(35-15)16-11-14(29(32)33)6-8-17(16)26/h4-12,22H,3H2,1-2H3/b20-12-/t22-/m1/s1. The largest absolute Gasteiger partial charge is 0.463 e. The number of hydrogen-bond acceptors (Lipinski definition) is 9. The minimum atomic E-state index is -0.659. The summed E-state index contributed by atoms with van der Waals surface area (Å²) in [4.78, 5) is 42.9. The number of allylic oxidation sites excluding steroid dienone is 1. The van der Waals surface area contributed by atoms with E-state index in [9.17, 15) is 19.7 Å². The molecule has 4 aromatic rings. The number of esters is 1. The van der Waals surface area contributed by atoms with Gasteiger partial charge in [0, 0.05) is 28.6 Å². The molecule has 1 aromatic carbocycles. The summed E-state index contributed by atoms with van der Waals surface area (Å²) in [7, 11) is 0. The van der Waals surface area contributed by atoms with Crippen molar-refractivity contribution >= 4 is 52.0 Å². The maximum atomic E-state index is 13.6. The van der Waals surface area contributed by atoms with Crippen LogP contribution in [0.4, 0.5) is 5.69 Å². The van der Waals surface area contributed by atoms with Crippen LogP contribution in [0.2, 0.25) is 5.02 Å². The average Bonchev–Trinajstić information content (AvgIpc) is 3.61. The quantitative estimate of drug-likeness (QED) is 0.194. The first-order valence-corrected chi connectivity index (χ1v) is 13.1. The molecule has 1 atom stereocenters. The predicted octanol–water partition coefficient (Wildman–Crippen LogP) is 4.68. The van der Waals surface area contributed by atoms with Crippen molar-refractivity contribution in [3.8, 4) is 11.3 Å². The summed E-state index contributed by atoms with van der Waals surface area (Å²) in [5.74, 6) is 0.169. The zero-order valence-corrected chi connectivity index (χ0v) is 21.9. The van der Waals surface area contributed by atoms with Crippen LogP contribution >= 0.6 is 34.3 Å². The van der Waals surface area contributed by atoms with Crippen LogP contribution in [-0.4, -0.2) is 22.1 Å². The number of ether oxygens (including phenoxy) is 1. The van der Waals surface area contributed by atoms with E-state index in [2.05, 4.69) is 4.99 Å². The number of carbonyl (C=O) groups excluding carboxylic acids is 1. The molecule has 0 saturated heterocycles. The van der Waals surface area contributed by atoms with Crippen molar-refractivity contribution in [1.82, 2.24) is 4.57 Å². The highest BCUT2D eigenvalue weighted by atomic mass is 35.5. The number of nitro benzene ring substituents is 1. The summed E-state index contributed by atoms with van der Waals surface area (Å²) in [5, 5.41) is 13.3. The van der Waals surface area contributed by atoms with Crippen molar-refractivity contribution in [3.63, 3.8) is 0 Å². The predicted molar refractivity (Wildman–Crippen MR) is 141 cm³/mol. The Morgan fingerprint density at radius 3 is 2.84 bits per heavy atom. The van der Waals surface area contributed by atoms with Gasteiger partial charge >= 0.3 is 5.97 Å². The number of hydrogen-bond donors (Lipinski definition) is 0. The van der Waals surface area contributed by atoms with E-state index >= 15 is 0 Å². The average molecular weight is 556 g/mol. The van der Waals surface area contributed by atoms with Crippen molar-refractivity contribution in [3.05, 3.63) is 105 Å². The van der Waals surface area contributed by atoms with Crippen molar-refractivity contribution in [1.29, 1.82) is 0 Å². The molecule has 4 heterocycles. The third-order valence-corrected chi connectivity index (χ3v) is 7.89. The third kappa shape index (κ3) is 4.57. The molecule has 188 valence electrons. The van der Waals surface area contributed by atoms with E-state index < -0.39 is 16.9 Å². The molecule has 0 radical (unpaired) electrons. The van der Waals surface area contributed by atoms with Crippen LogP contribution in [0.25, 0.3) is 17.4 Å². The van der Waals surface area contributed by atoms with E-state index in [4.69, 9.17) is 20.8 Å². The molecule has 5 rings (SSSR count). The normalized spacial score (nSPS) is 15.4. The fraction of sp³-hybridized carbons (Fsp3) is 0.160. The fourth-order valence-corrected chi connectivity index (χ4v) is 6.09. The molecule has 1 aliphatic rings. The molecule has 0 N–H and O–H groups in total. The fourth-order valence-electron chi connectivity index (χ4n) is 4.03. The van der Waals surface area contributed by atoms with E-state index in [1.54, 1.807) is 32.1 Å². The summed E-state index contributed by atoms with van der Waals surface area (Å²) in [6.45, 7) is 3.65. The van der Waals surface area contributed by atoms with Gasteiger partial charge in [-0.05, 0) is 43.5 Å². The molecule has 12 heteroatoms. The minimum Gasteiger partial charge on any atom is -0.463 e. The molecule has 0 aliphatic carbocycles. The summed E-state index contributed by atoms with van der Waals surface area (Å²) < 4.78 is 13.0. The van der Waals surface area contributed by atoms with Crippen LogP contribution in [0.5, 0.6) is 0 Å². The van der Waals surface area contributed by atoms with Gasteiger partial charge in [-0.3, -0.25) is 19.5 Å². The number of benzene rings is 1. The van der Waals surface area contributed by atoms with Crippen LogP contribution < -0.4 is 14.9 Å². The molecule has 0 bridgehead atoms. The Morgan fingerprint density at radius 1 is 1.32 bits per heavy atom. The second-order valence-electron chi connectivity index (χ2n) is 7.94. The highest BCUT2D eigenvalue weighted by molar-refractivity contribution is 7.10. The number of non-ortho nitro benzene ring substituents is 1. The Kier molecular flexibility index (Phi) is 6.67. The zero-order chi connectivity index (χ0) is 26.3. The highest BCUT2D eigenvalue weighted by Crippen LogP contribution is 2.34. The lowest BCUT2D eigenvalue weighted by Gasteiger charge is -2.23. The molecule has 0 amide bonds. The first kappa shape index (κ1) is 24.9. The number of thiophene rings is 1. The smallest absolute Gasteiger partial charge is 0.338 e. The van der Waals surface area contributed by atoms with Gasteiger partial charge in [-0.2, -0.15) is 0 Å². The topological polar surface area (TPSA) is 117 Å². The van der Waals surface area contributed by atoms with E-state index in [-0.39, 0.29) is 17.9 Å². The molecule has 0 saturated carbocycles. The lowest BCUT2D eigenvalue weighted by Crippen LogP contribution is -2.39. The molecular weight excluding hydrogens is 538 g/mol. The van der Waals surface area contributed by atoms with Crippen LogP contribution in [0.1, 0.15) is 30.5 Å². The molecule has 0 unspecified atom stereocenters. The molecule has 3 aromatic heterocycles. The van der Waals surface area contributed by atoms with Crippen molar-refractivity contribution in [2.24, 2.45) is 4.99 Å². The van der Waals surface area contributed by atoms with Gasteiger partial charge in [0.25, 0.3) is 11.2 Å². The number of nitro groups is 1. The van der Waals surface area contributed by atoms with Gasteiger partial charge < -0.3 is 9.15 Å². The van der Waals surface area contributed by atoms with Gasteiger partial charge in [-0.1, -0.05) is 29.0 Å². The van der Waals surface area contributed by atoms with E-state index in [1.807, 2.05) is 17.5 Å². The number of furan rings is 1. The van der Waals surface area contributed by atoms with Gasteiger partial charge in [0.1, 0.15) is 17.6 Å². The monoisotopic (exact) mass is 555 g/mol. The first-order valence-electron chi connectivity index (χ1n) is 11.1. The Labute approximate surface area is 222 Å². The van der Waals surface area contributed by atoms with Crippen LogP contribution in [0.3, 0.4) is 0 Å². The summed E-state index contributed by atoms with van der Waals surface area (Å²) in [6, 6.07) is 10.4. The molecular formula is C25H18ClN3O6S2. The lowest BCUT2D eigenvalue weighted by molar-refractivity contribution is -0.384. The van der Waals surface area contributed by atoms with Gasteiger partial charge in [0.05, 0.1) is 32.4 Å². The molecule has 1 aliphatic heterocycles. The molecule has 37 heavy (non-hydrogen) atoms. The van der Waals surface area contributed by atoms with Crippen LogP contribution in [0, 0.1) is 10.1 Å². The molecule has 0 fully saturated rings. The number of fused-ring (bicyclic) bond motifs is 1. The summed E-state index contributed by atoms with van der Waals surface area (Å²) in [5.41, 5.74) is 0.730. The second kappa shape index (κ2) is 9.92. The number of nitrogens with zero attached hydrogens (tertiary/aromatic N) is 3. The molecule has 0 spiro atoms. The highest BCUT2D eigenvalue weighted by Gasteiger charge is 2.33. The molecule has 9 nitrogen and oxygen atoms in total. The van der Waals surface area contributed by atoms with E-state index in [0.29, 0.717) is 42.7 Å². The third-order valence-electron chi connectivity index (χ3n) is 5.66. The Morgan fingerprint density at radius 2 is 2.14 bits per heavy atom. The SMILES string of the molecule is CCOC(=O)C1=C(C)N=c2s/c(=C\c3ccc(-c4cc([N+](=O)[O-])ccc4Cl)o3)c(=O)n2[C@@H]1c1cccs1. The van der Waals surface area contributed by atoms with Crippen LogP contribution in [-0.2, 0) is 9.53 Å². The van der Waals surface area contributed by atoms with Gasteiger partial charge in [0.2, 0.25) is 0 Å². The number of carbonyl (C=O) groups is 1. The second-order valence-corrected chi connectivity index (χ2v) is 10.3. The van der Waals surface area contributed by atoms with E-state index in [1.165, 1.54) is 45.4 Å². The maximum Gasteiger partial charge on any atom is 0.338 e. The first-order chi connectivity index (χ1) is 17.8. The van der Waals surface area contributed by atoms with Gasteiger partial charge in [-0.15, -0.1) is 11.3 Å². The Bertz CT molecular complexity index is 1750. The lowest BCUT2D eigenvalue weighted by atomic mass is 10.0. The van der Waals surface area contributed by atoms with Crippen molar-refractivity contribution in [2.75, 3.05) is 6.61 Å². The Balaban J connectivity index is 1.61. The van der Waals surface area contributed by atoms with Gasteiger partial charge in [0.15, 0.2) is 4.80 Å². The zero-order valence-electron chi connectivity index (χ0n) is 19.5.